The second kappa shape index (κ2) is 12.4. The molecule has 160 valence electrons. The number of nitrogens with zero attached hydrogens (tertiary/aromatic N) is 3. The lowest BCUT2D eigenvalue weighted by atomic mass is 10.0. The molecule has 0 radical (unpaired) electrons. The third kappa shape index (κ3) is 8.00. The van der Waals surface area contributed by atoms with Gasteiger partial charge in [-0.05, 0) is 34.6 Å². The largest absolute Gasteiger partial charge is 0.379 e. The van der Waals surface area contributed by atoms with Crippen LogP contribution in [-0.2, 0) is 9.47 Å². The third-order valence-corrected chi connectivity index (χ3v) is 5.39. The number of guanidine groups is 1. The molecule has 2 N–H and O–H groups in total. The van der Waals surface area contributed by atoms with E-state index in [1.807, 2.05) is 0 Å². The van der Waals surface area contributed by atoms with Gasteiger partial charge in [0.15, 0.2) is 5.96 Å². The van der Waals surface area contributed by atoms with Crippen LogP contribution in [0.2, 0.25) is 0 Å². The highest BCUT2D eigenvalue weighted by atomic mass is 127. The fourth-order valence-corrected chi connectivity index (χ4v) is 3.64. The van der Waals surface area contributed by atoms with Crippen LogP contribution in [0.1, 0.15) is 34.6 Å². The Morgan fingerprint density at radius 3 is 2.44 bits per heavy atom. The zero-order valence-electron chi connectivity index (χ0n) is 17.8. The monoisotopic (exact) mass is 497 g/mol. The van der Waals surface area contributed by atoms with Gasteiger partial charge in [0.2, 0.25) is 0 Å². The van der Waals surface area contributed by atoms with E-state index in [1.54, 1.807) is 0 Å². The number of nitrogens with one attached hydrogen (secondary N) is 2. The number of rotatable bonds is 7. The van der Waals surface area contributed by atoms with Crippen LogP contribution in [-0.4, -0.2) is 99.1 Å². The maximum absolute atomic E-state index is 5.55. The summed E-state index contributed by atoms with van der Waals surface area (Å²) in [6, 6.07) is 0.922. The van der Waals surface area contributed by atoms with E-state index in [2.05, 4.69) is 55.1 Å². The lowest BCUT2D eigenvalue weighted by molar-refractivity contribution is -0.0174. The summed E-state index contributed by atoms with van der Waals surface area (Å²) in [5.41, 5.74) is 0.0382. The van der Waals surface area contributed by atoms with Crippen molar-refractivity contribution in [3.8, 4) is 0 Å². The lowest BCUT2D eigenvalue weighted by Gasteiger charge is -2.40. The highest BCUT2D eigenvalue weighted by Crippen LogP contribution is 2.16. The molecule has 27 heavy (non-hydrogen) atoms. The summed E-state index contributed by atoms with van der Waals surface area (Å²) in [6.07, 6.45) is 0. The molecule has 2 atom stereocenters. The van der Waals surface area contributed by atoms with Gasteiger partial charge in [-0.3, -0.25) is 14.8 Å². The van der Waals surface area contributed by atoms with Crippen molar-refractivity contribution in [2.45, 2.75) is 52.2 Å². The number of ether oxygens (including phenoxy) is 2. The Morgan fingerprint density at radius 1 is 1.15 bits per heavy atom. The van der Waals surface area contributed by atoms with Crippen LogP contribution < -0.4 is 10.6 Å². The fraction of sp³-hybridized carbons (Fsp3) is 0.947. The molecule has 0 bridgehead atoms. The molecule has 0 amide bonds. The molecule has 0 aliphatic carbocycles. The Hall–Kier alpha value is -0.160. The molecule has 7 nitrogen and oxygen atoms in total. The van der Waals surface area contributed by atoms with Crippen molar-refractivity contribution in [1.29, 1.82) is 0 Å². The van der Waals surface area contributed by atoms with E-state index in [9.17, 15) is 0 Å². The number of halogens is 1. The maximum Gasteiger partial charge on any atom is 0.191 e. The van der Waals surface area contributed by atoms with Gasteiger partial charge >= 0.3 is 0 Å². The Kier molecular flexibility index (Phi) is 11.4. The Balaban J connectivity index is 0.00000364. The predicted octanol–water partition coefficient (Wildman–Crippen LogP) is 1.38. The lowest BCUT2D eigenvalue weighted by Crippen LogP contribution is -2.54. The van der Waals surface area contributed by atoms with Gasteiger partial charge in [-0.15, -0.1) is 24.0 Å². The third-order valence-electron chi connectivity index (χ3n) is 5.39. The molecular weight excluding hydrogens is 457 g/mol. The summed E-state index contributed by atoms with van der Waals surface area (Å²) in [7, 11) is 0. The van der Waals surface area contributed by atoms with Crippen LogP contribution in [0.4, 0.5) is 0 Å². The molecule has 8 heteroatoms. The first-order valence-corrected chi connectivity index (χ1v) is 10.1. The molecule has 0 spiro atoms. The minimum absolute atomic E-state index is 0. The van der Waals surface area contributed by atoms with Crippen molar-refractivity contribution in [2.24, 2.45) is 4.99 Å². The van der Waals surface area contributed by atoms with Crippen LogP contribution in [0, 0.1) is 0 Å². The predicted molar refractivity (Wildman–Crippen MR) is 122 cm³/mol. The van der Waals surface area contributed by atoms with Gasteiger partial charge in [-0.1, -0.05) is 0 Å². The summed E-state index contributed by atoms with van der Waals surface area (Å²) in [5, 5.41) is 6.91. The molecule has 0 aromatic rings. The number of morpholine rings is 2. The smallest absolute Gasteiger partial charge is 0.191 e. The average Bonchev–Trinajstić information content (AvgIpc) is 2.65. The molecule has 2 rings (SSSR count). The first kappa shape index (κ1) is 24.9. The average molecular weight is 497 g/mol. The van der Waals surface area contributed by atoms with Gasteiger partial charge in [-0.25, -0.2) is 0 Å². The quantitative estimate of drug-likeness (QED) is 0.315. The topological polar surface area (TPSA) is 61.4 Å². The van der Waals surface area contributed by atoms with Crippen molar-refractivity contribution in [3.63, 3.8) is 0 Å². The molecule has 0 saturated carbocycles. The summed E-state index contributed by atoms with van der Waals surface area (Å²) >= 11 is 0. The highest BCUT2D eigenvalue weighted by Gasteiger charge is 2.28. The number of hydrogen-bond donors (Lipinski definition) is 2. The van der Waals surface area contributed by atoms with E-state index < -0.39 is 0 Å². The van der Waals surface area contributed by atoms with E-state index in [0.29, 0.717) is 12.1 Å². The van der Waals surface area contributed by atoms with Crippen molar-refractivity contribution < 1.29 is 9.47 Å². The van der Waals surface area contributed by atoms with E-state index in [4.69, 9.17) is 14.5 Å². The molecule has 0 aromatic heterocycles. The molecular formula is C19H40IN5O2. The van der Waals surface area contributed by atoms with Crippen LogP contribution >= 0.6 is 24.0 Å². The summed E-state index contributed by atoms with van der Waals surface area (Å²) in [6.45, 7) is 19.9. The summed E-state index contributed by atoms with van der Waals surface area (Å²) in [5.74, 6) is 0.904. The van der Waals surface area contributed by atoms with E-state index in [0.717, 1.165) is 71.7 Å². The van der Waals surface area contributed by atoms with Gasteiger partial charge in [0.25, 0.3) is 0 Å². The van der Waals surface area contributed by atoms with Crippen LogP contribution in [0.3, 0.4) is 0 Å². The molecule has 2 unspecified atom stereocenters. The highest BCUT2D eigenvalue weighted by molar-refractivity contribution is 14.0. The fourth-order valence-electron chi connectivity index (χ4n) is 3.64. The minimum Gasteiger partial charge on any atom is -0.379 e. The Labute approximate surface area is 182 Å². The molecule has 2 fully saturated rings. The number of hydrogen-bond acceptors (Lipinski definition) is 5. The van der Waals surface area contributed by atoms with E-state index in [1.165, 1.54) is 0 Å². The molecule has 0 aromatic carbocycles. The van der Waals surface area contributed by atoms with Crippen molar-refractivity contribution in [1.82, 2.24) is 20.4 Å². The Morgan fingerprint density at radius 2 is 1.81 bits per heavy atom. The molecule has 2 aliphatic rings. The standard InChI is InChI=1S/C19H39N5O2.HI/c1-6-20-18(21-13-16(2)24-9-12-26-14-17(24)3)22-15-19(4,5)23-7-10-25-11-8-23;/h16-17H,6-15H2,1-5H3,(H2,20,21,22);1H. The normalized spacial score (nSPS) is 24.2. The SMILES string of the molecule is CCNC(=NCC(C)(C)N1CCOCC1)NCC(C)N1CCOCC1C.I. The Bertz CT molecular complexity index is 444. The van der Waals surface area contributed by atoms with Gasteiger partial charge in [0.1, 0.15) is 0 Å². The van der Waals surface area contributed by atoms with Gasteiger partial charge < -0.3 is 20.1 Å². The van der Waals surface area contributed by atoms with Crippen molar-refractivity contribution >= 4 is 29.9 Å². The minimum atomic E-state index is 0. The van der Waals surface area contributed by atoms with E-state index in [-0.39, 0.29) is 29.5 Å². The van der Waals surface area contributed by atoms with E-state index >= 15 is 0 Å². The van der Waals surface area contributed by atoms with Crippen LogP contribution in [0.15, 0.2) is 4.99 Å². The maximum atomic E-state index is 5.55. The first-order valence-electron chi connectivity index (χ1n) is 10.1. The second-order valence-electron chi connectivity index (χ2n) is 8.00. The summed E-state index contributed by atoms with van der Waals surface area (Å²) in [4.78, 5) is 9.85. The molecule has 2 heterocycles. The first-order chi connectivity index (χ1) is 12.4. The van der Waals surface area contributed by atoms with Crippen LogP contribution in [0.25, 0.3) is 0 Å². The van der Waals surface area contributed by atoms with Gasteiger partial charge in [0.05, 0.1) is 33.0 Å². The number of aliphatic imine (C=N–C) groups is 1. The summed E-state index contributed by atoms with van der Waals surface area (Å²) < 4.78 is 11.0. The molecule has 2 aliphatic heterocycles. The van der Waals surface area contributed by atoms with Crippen molar-refractivity contribution in [2.75, 3.05) is 65.7 Å². The van der Waals surface area contributed by atoms with Crippen LogP contribution in [0.5, 0.6) is 0 Å². The molecule has 2 saturated heterocycles. The zero-order chi connectivity index (χ0) is 19.0. The zero-order valence-corrected chi connectivity index (χ0v) is 20.1. The second-order valence-corrected chi connectivity index (χ2v) is 8.00. The van der Waals surface area contributed by atoms with Gasteiger partial charge in [0, 0.05) is 50.3 Å². The van der Waals surface area contributed by atoms with Crippen molar-refractivity contribution in [3.05, 3.63) is 0 Å². The van der Waals surface area contributed by atoms with Gasteiger partial charge in [-0.2, -0.15) is 0 Å².